The maximum atomic E-state index is 9.90. The van der Waals surface area contributed by atoms with Gasteiger partial charge in [-0.05, 0) is 13.5 Å². The van der Waals surface area contributed by atoms with Crippen LogP contribution in [0.4, 0.5) is 0 Å². The highest BCUT2D eigenvalue weighted by atomic mass is 16.5. The molecule has 11 heavy (non-hydrogen) atoms. The lowest BCUT2D eigenvalue weighted by molar-refractivity contribution is -0.00110. The number of rotatable bonds is 3. The maximum absolute atomic E-state index is 9.90. The summed E-state index contributed by atoms with van der Waals surface area (Å²) in [6.07, 6.45) is 0.751. The Morgan fingerprint density at radius 2 is 2.45 bits per heavy atom. The first-order chi connectivity index (χ1) is 5.19. The van der Waals surface area contributed by atoms with E-state index in [9.17, 15) is 5.11 Å². The fraction of sp³-hybridized carbons (Fsp3) is 1.00. The summed E-state index contributed by atoms with van der Waals surface area (Å²) in [5.74, 6) is 0. The molecule has 1 aliphatic heterocycles. The molecule has 0 aromatic heterocycles. The van der Waals surface area contributed by atoms with Crippen molar-refractivity contribution in [3.8, 4) is 0 Å². The highest BCUT2D eigenvalue weighted by Crippen LogP contribution is 2.21. The van der Waals surface area contributed by atoms with Gasteiger partial charge in [0.2, 0.25) is 0 Å². The van der Waals surface area contributed by atoms with Crippen LogP contribution in [0.3, 0.4) is 0 Å². The van der Waals surface area contributed by atoms with Crippen LogP contribution >= 0.6 is 0 Å². The van der Waals surface area contributed by atoms with E-state index in [0.29, 0.717) is 13.2 Å². The second kappa shape index (κ2) is 3.52. The van der Waals surface area contributed by atoms with Crippen molar-refractivity contribution < 1.29 is 9.84 Å². The van der Waals surface area contributed by atoms with Crippen LogP contribution in [-0.4, -0.2) is 36.5 Å². The standard InChI is InChI=1S/C8H17NO2/c1-3-9-7(2)8(10)4-5-11-6-8/h7,9-10H,3-6H2,1-2H3. The zero-order valence-corrected chi connectivity index (χ0v) is 7.26. The molecule has 2 unspecified atom stereocenters. The summed E-state index contributed by atoms with van der Waals surface area (Å²) in [6, 6.07) is 0.134. The van der Waals surface area contributed by atoms with Crippen LogP contribution in [0.1, 0.15) is 20.3 Å². The Labute approximate surface area is 67.7 Å². The fourth-order valence-corrected chi connectivity index (χ4v) is 1.41. The van der Waals surface area contributed by atoms with Crippen LogP contribution in [0.15, 0.2) is 0 Å². The molecule has 1 aliphatic rings. The van der Waals surface area contributed by atoms with Crippen molar-refractivity contribution in [2.45, 2.75) is 31.9 Å². The molecule has 0 radical (unpaired) electrons. The number of aliphatic hydroxyl groups is 1. The van der Waals surface area contributed by atoms with E-state index in [1.807, 2.05) is 13.8 Å². The number of hydrogen-bond acceptors (Lipinski definition) is 3. The molecule has 1 heterocycles. The van der Waals surface area contributed by atoms with E-state index in [2.05, 4.69) is 5.32 Å². The molecule has 3 heteroatoms. The predicted molar refractivity (Wildman–Crippen MR) is 43.5 cm³/mol. The minimum absolute atomic E-state index is 0.134. The average Bonchev–Trinajstić information content (AvgIpc) is 2.38. The van der Waals surface area contributed by atoms with Gasteiger partial charge in [0, 0.05) is 19.1 Å². The average molecular weight is 159 g/mol. The highest BCUT2D eigenvalue weighted by Gasteiger charge is 2.37. The Morgan fingerprint density at radius 3 is 2.91 bits per heavy atom. The van der Waals surface area contributed by atoms with Crippen LogP contribution in [0, 0.1) is 0 Å². The van der Waals surface area contributed by atoms with Crippen LogP contribution in [0.2, 0.25) is 0 Å². The van der Waals surface area contributed by atoms with E-state index < -0.39 is 5.60 Å². The van der Waals surface area contributed by atoms with E-state index >= 15 is 0 Å². The molecule has 0 bridgehead atoms. The second-order valence-electron chi connectivity index (χ2n) is 3.19. The van der Waals surface area contributed by atoms with Gasteiger partial charge < -0.3 is 15.2 Å². The molecule has 1 saturated heterocycles. The Kier molecular flexibility index (Phi) is 2.87. The van der Waals surface area contributed by atoms with Gasteiger partial charge in [0.05, 0.1) is 6.61 Å². The lowest BCUT2D eigenvalue weighted by Crippen LogP contribution is -2.49. The van der Waals surface area contributed by atoms with Crippen LogP contribution in [0.5, 0.6) is 0 Å². The Bertz CT molecular complexity index is 121. The topological polar surface area (TPSA) is 41.5 Å². The van der Waals surface area contributed by atoms with Gasteiger partial charge in [0.1, 0.15) is 5.60 Å². The predicted octanol–water partition coefficient (Wildman–Crippen LogP) is 0.136. The third kappa shape index (κ3) is 1.92. The minimum Gasteiger partial charge on any atom is -0.386 e. The van der Waals surface area contributed by atoms with Crippen molar-refractivity contribution in [2.75, 3.05) is 19.8 Å². The number of likely N-dealkylation sites (N-methyl/N-ethyl adjacent to an activating group) is 1. The van der Waals surface area contributed by atoms with Crippen molar-refractivity contribution in [3.05, 3.63) is 0 Å². The van der Waals surface area contributed by atoms with Crippen molar-refractivity contribution in [3.63, 3.8) is 0 Å². The quantitative estimate of drug-likeness (QED) is 0.615. The third-order valence-electron chi connectivity index (χ3n) is 2.35. The Morgan fingerprint density at radius 1 is 1.73 bits per heavy atom. The van der Waals surface area contributed by atoms with Crippen LogP contribution < -0.4 is 5.32 Å². The normalized spacial score (nSPS) is 34.1. The zero-order valence-electron chi connectivity index (χ0n) is 7.26. The van der Waals surface area contributed by atoms with Crippen LogP contribution in [0.25, 0.3) is 0 Å². The Balaban J connectivity index is 2.42. The molecule has 3 nitrogen and oxygen atoms in total. The summed E-state index contributed by atoms with van der Waals surface area (Å²) in [4.78, 5) is 0. The summed E-state index contributed by atoms with van der Waals surface area (Å²) >= 11 is 0. The minimum atomic E-state index is -0.629. The summed E-state index contributed by atoms with van der Waals surface area (Å²) < 4.78 is 5.14. The van der Waals surface area contributed by atoms with Crippen molar-refractivity contribution in [2.24, 2.45) is 0 Å². The largest absolute Gasteiger partial charge is 0.386 e. The molecule has 2 N–H and O–H groups in total. The molecule has 1 fully saturated rings. The van der Waals surface area contributed by atoms with Gasteiger partial charge in [-0.2, -0.15) is 0 Å². The second-order valence-corrected chi connectivity index (χ2v) is 3.19. The smallest absolute Gasteiger partial charge is 0.105 e. The number of ether oxygens (including phenoxy) is 1. The van der Waals surface area contributed by atoms with Gasteiger partial charge in [-0.25, -0.2) is 0 Å². The van der Waals surface area contributed by atoms with Gasteiger partial charge in [0.25, 0.3) is 0 Å². The van der Waals surface area contributed by atoms with Crippen molar-refractivity contribution in [1.82, 2.24) is 5.32 Å². The lowest BCUT2D eigenvalue weighted by atomic mass is 9.95. The van der Waals surface area contributed by atoms with Gasteiger partial charge in [0.15, 0.2) is 0 Å². The summed E-state index contributed by atoms with van der Waals surface area (Å²) in [5, 5.41) is 13.1. The number of hydrogen-bond donors (Lipinski definition) is 2. The monoisotopic (exact) mass is 159 g/mol. The molecule has 0 saturated carbocycles. The molecule has 1 rings (SSSR count). The fourth-order valence-electron chi connectivity index (χ4n) is 1.41. The highest BCUT2D eigenvalue weighted by molar-refractivity contribution is 4.91. The first-order valence-corrected chi connectivity index (χ1v) is 4.22. The first-order valence-electron chi connectivity index (χ1n) is 4.22. The van der Waals surface area contributed by atoms with E-state index in [4.69, 9.17) is 4.74 Å². The first kappa shape index (κ1) is 8.97. The van der Waals surface area contributed by atoms with Gasteiger partial charge in [-0.15, -0.1) is 0 Å². The molecule has 0 aromatic carbocycles. The van der Waals surface area contributed by atoms with Crippen molar-refractivity contribution >= 4 is 0 Å². The van der Waals surface area contributed by atoms with Crippen LogP contribution in [-0.2, 0) is 4.74 Å². The number of nitrogens with one attached hydrogen (secondary N) is 1. The molecule has 2 atom stereocenters. The maximum Gasteiger partial charge on any atom is 0.105 e. The van der Waals surface area contributed by atoms with Gasteiger partial charge in [-0.3, -0.25) is 0 Å². The van der Waals surface area contributed by atoms with E-state index in [1.54, 1.807) is 0 Å². The molecular formula is C8H17NO2. The van der Waals surface area contributed by atoms with Gasteiger partial charge in [-0.1, -0.05) is 6.92 Å². The Hall–Kier alpha value is -0.120. The molecule has 0 amide bonds. The van der Waals surface area contributed by atoms with E-state index in [1.165, 1.54) is 0 Å². The molecule has 66 valence electrons. The molecule has 0 aromatic rings. The summed E-state index contributed by atoms with van der Waals surface area (Å²) in [6.45, 7) is 6.09. The summed E-state index contributed by atoms with van der Waals surface area (Å²) in [7, 11) is 0. The third-order valence-corrected chi connectivity index (χ3v) is 2.35. The lowest BCUT2D eigenvalue weighted by Gasteiger charge is -2.28. The van der Waals surface area contributed by atoms with Crippen molar-refractivity contribution in [1.29, 1.82) is 0 Å². The zero-order chi connectivity index (χ0) is 8.32. The molecule has 0 aliphatic carbocycles. The SMILES string of the molecule is CCNC(C)C1(O)CCOC1. The molecule has 0 spiro atoms. The summed E-state index contributed by atoms with van der Waals surface area (Å²) in [5.41, 5.74) is -0.629. The van der Waals surface area contributed by atoms with E-state index in [-0.39, 0.29) is 6.04 Å². The van der Waals surface area contributed by atoms with Gasteiger partial charge >= 0.3 is 0 Å². The molecular weight excluding hydrogens is 142 g/mol. The van der Waals surface area contributed by atoms with E-state index in [0.717, 1.165) is 13.0 Å².